The number of halogens is 1. The zero-order chi connectivity index (χ0) is 21.0. The summed E-state index contributed by atoms with van der Waals surface area (Å²) in [7, 11) is 0. The van der Waals surface area contributed by atoms with Crippen LogP contribution in [0.15, 0.2) is 42.5 Å². The van der Waals surface area contributed by atoms with Crippen molar-refractivity contribution in [2.75, 3.05) is 18.4 Å². The van der Waals surface area contributed by atoms with Gasteiger partial charge in [-0.3, -0.25) is 4.79 Å². The fourth-order valence-electron chi connectivity index (χ4n) is 3.72. The number of anilines is 1. The van der Waals surface area contributed by atoms with Gasteiger partial charge in [-0.15, -0.1) is 0 Å². The lowest BCUT2D eigenvalue weighted by Gasteiger charge is -2.39. The predicted molar refractivity (Wildman–Crippen MR) is 117 cm³/mol. The quantitative estimate of drug-likeness (QED) is 0.748. The zero-order valence-electron chi connectivity index (χ0n) is 17.2. The summed E-state index contributed by atoms with van der Waals surface area (Å²) in [5.74, 6) is -0.0165. The van der Waals surface area contributed by atoms with Gasteiger partial charge in [0, 0.05) is 30.3 Å². The van der Waals surface area contributed by atoms with E-state index in [1.165, 1.54) is 0 Å². The first-order valence-corrected chi connectivity index (χ1v) is 10.3. The Kier molecular flexibility index (Phi) is 6.48. The molecule has 5 nitrogen and oxygen atoms in total. The number of nitrogens with one attached hydrogen (secondary N) is 2. The minimum absolute atomic E-state index is 0.0165. The second-order valence-corrected chi connectivity index (χ2v) is 8.52. The molecule has 0 bridgehead atoms. The lowest BCUT2D eigenvalue weighted by molar-refractivity contribution is -0.132. The van der Waals surface area contributed by atoms with Crippen LogP contribution in [0.25, 0.3) is 0 Å². The molecule has 1 saturated heterocycles. The van der Waals surface area contributed by atoms with E-state index in [-0.39, 0.29) is 11.9 Å². The molecule has 1 aliphatic rings. The van der Waals surface area contributed by atoms with Gasteiger partial charge in [-0.2, -0.15) is 0 Å². The second kappa shape index (κ2) is 8.87. The van der Waals surface area contributed by atoms with Crippen LogP contribution in [0.5, 0.6) is 0 Å². The van der Waals surface area contributed by atoms with Crippen LogP contribution in [0.2, 0.25) is 5.02 Å². The number of piperidine rings is 1. The maximum Gasteiger partial charge on any atom is 0.321 e. The topological polar surface area (TPSA) is 61.4 Å². The Morgan fingerprint density at radius 3 is 2.66 bits per heavy atom. The average Bonchev–Trinajstić information content (AvgIpc) is 2.70. The molecule has 1 aliphatic heterocycles. The van der Waals surface area contributed by atoms with Gasteiger partial charge < -0.3 is 15.5 Å². The predicted octanol–water partition coefficient (Wildman–Crippen LogP) is 4.91. The Morgan fingerprint density at radius 2 is 1.90 bits per heavy atom. The van der Waals surface area contributed by atoms with Gasteiger partial charge in [-0.05, 0) is 62.4 Å². The third-order valence-corrected chi connectivity index (χ3v) is 5.91. The molecule has 3 amide bonds. The lowest BCUT2D eigenvalue weighted by Crippen LogP contribution is -2.52. The van der Waals surface area contributed by atoms with Gasteiger partial charge in [0.1, 0.15) is 0 Å². The highest BCUT2D eigenvalue weighted by Crippen LogP contribution is 2.31. The monoisotopic (exact) mass is 413 g/mol. The Morgan fingerprint density at radius 1 is 1.14 bits per heavy atom. The van der Waals surface area contributed by atoms with Gasteiger partial charge in [0.05, 0.1) is 5.41 Å². The summed E-state index contributed by atoms with van der Waals surface area (Å²) in [5.41, 5.74) is 3.28. The smallest absolute Gasteiger partial charge is 0.321 e. The number of rotatable bonds is 4. The van der Waals surface area contributed by atoms with Gasteiger partial charge in [0.2, 0.25) is 5.91 Å². The van der Waals surface area contributed by atoms with Crippen molar-refractivity contribution < 1.29 is 9.59 Å². The Labute approximate surface area is 177 Å². The van der Waals surface area contributed by atoms with Crippen LogP contribution in [0.3, 0.4) is 0 Å². The molecular formula is C23H28ClN3O2. The van der Waals surface area contributed by atoms with Gasteiger partial charge in [0.25, 0.3) is 0 Å². The Balaban J connectivity index is 1.63. The zero-order valence-corrected chi connectivity index (χ0v) is 18.0. The van der Waals surface area contributed by atoms with Crippen LogP contribution in [0, 0.1) is 19.3 Å². The third kappa shape index (κ3) is 5.10. The molecule has 1 fully saturated rings. The number of hydrogen-bond donors (Lipinski definition) is 2. The molecule has 2 N–H and O–H groups in total. The largest absolute Gasteiger partial charge is 0.351 e. The van der Waals surface area contributed by atoms with Crippen LogP contribution in [0.4, 0.5) is 10.5 Å². The van der Waals surface area contributed by atoms with E-state index in [1.54, 1.807) is 17.0 Å². The van der Waals surface area contributed by atoms with Crippen molar-refractivity contribution in [2.45, 2.75) is 40.2 Å². The van der Waals surface area contributed by atoms with E-state index in [0.717, 1.165) is 29.5 Å². The van der Waals surface area contributed by atoms with E-state index in [9.17, 15) is 9.59 Å². The van der Waals surface area contributed by atoms with Crippen molar-refractivity contribution in [3.63, 3.8) is 0 Å². The van der Waals surface area contributed by atoms with Crippen molar-refractivity contribution in [1.82, 2.24) is 10.2 Å². The summed E-state index contributed by atoms with van der Waals surface area (Å²) in [5, 5.41) is 6.57. The number of benzene rings is 2. The summed E-state index contributed by atoms with van der Waals surface area (Å²) < 4.78 is 0. The molecule has 6 heteroatoms. The molecule has 154 valence electrons. The van der Waals surface area contributed by atoms with Gasteiger partial charge in [-0.25, -0.2) is 4.79 Å². The molecule has 3 rings (SSSR count). The first-order chi connectivity index (χ1) is 13.8. The summed E-state index contributed by atoms with van der Waals surface area (Å²) in [4.78, 5) is 27.5. The molecule has 29 heavy (non-hydrogen) atoms. The molecule has 1 unspecified atom stereocenters. The molecule has 1 heterocycles. The number of carbonyl (C=O) groups is 2. The van der Waals surface area contributed by atoms with Crippen molar-refractivity contribution in [3.8, 4) is 0 Å². The number of carbonyl (C=O) groups excluding carboxylic acids is 2. The molecular weight excluding hydrogens is 386 g/mol. The van der Waals surface area contributed by atoms with E-state index in [4.69, 9.17) is 11.6 Å². The van der Waals surface area contributed by atoms with Crippen LogP contribution < -0.4 is 10.6 Å². The number of urea groups is 1. The number of amides is 3. The third-order valence-electron chi connectivity index (χ3n) is 5.67. The molecule has 2 aromatic rings. The lowest BCUT2D eigenvalue weighted by atomic mass is 9.81. The molecule has 0 spiro atoms. The van der Waals surface area contributed by atoms with Gasteiger partial charge >= 0.3 is 6.03 Å². The standard InChI is InChI=1S/C23H28ClN3O2/c1-16-7-4-5-8-18(16)14-25-21(28)23(3)11-6-12-27(15-23)22(29)26-20-13-19(24)10-9-17(20)2/h4-5,7-10,13H,6,11-12,14-15H2,1-3H3,(H,25,28)(H,26,29). The van der Waals surface area contributed by atoms with Crippen LogP contribution in [-0.4, -0.2) is 29.9 Å². The normalized spacial score (nSPS) is 19.0. The van der Waals surface area contributed by atoms with E-state index < -0.39 is 5.41 Å². The molecule has 2 aromatic carbocycles. The van der Waals surface area contributed by atoms with E-state index in [2.05, 4.69) is 10.6 Å². The summed E-state index contributed by atoms with van der Waals surface area (Å²) >= 11 is 6.05. The average molecular weight is 414 g/mol. The fraction of sp³-hybridized carbons (Fsp3) is 0.391. The van der Waals surface area contributed by atoms with Crippen molar-refractivity contribution in [2.24, 2.45) is 5.41 Å². The van der Waals surface area contributed by atoms with Crippen molar-refractivity contribution in [1.29, 1.82) is 0 Å². The van der Waals surface area contributed by atoms with Gasteiger partial charge in [0.15, 0.2) is 0 Å². The summed E-state index contributed by atoms with van der Waals surface area (Å²) in [6, 6.07) is 13.2. The highest BCUT2D eigenvalue weighted by molar-refractivity contribution is 6.31. The van der Waals surface area contributed by atoms with Crippen LogP contribution >= 0.6 is 11.6 Å². The number of aryl methyl sites for hydroxylation is 2. The highest BCUT2D eigenvalue weighted by Gasteiger charge is 2.39. The minimum atomic E-state index is -0.609. The first kappa shape index (κ1) is 21.2. The summed E-state index contributed by atoms with van der Waals surface area (Å²) in [6.07, 6.45) is 1.54. The maximum absolute atomic E-state index is 12.9. The maximum atomic E-state index is 12.9. The Bertz CT molecular complexity index is 915. The van der Waals surface area contributed by atoms with Crippen LogP contribution in [-0.2, 0) is 11.3 Å². The minimum Gasteiger partial charge on any atom is -0.351 e. The fourth-order valence-corrected chi connectivity index (χ4v) is 3.89. The molecule has 0 radical (unpaired) electrons. The SMILES string of the molecule is Cc1ccccc1CNC(=O)C1(C)CCCN(C(=O)Nc2cc(Cl)ccc2C)C1. The number of likely N-dealkylation sites (tertiary alicyclic amines) is 1. The van der Waals surface area contributed by atoms with Crippen LogP contribution in [0.1, 0.15) is 36.5 Å². The number of nitrogens with zero attached hydrogens (tertiary/aromatic N) is 1. The molecule has 0 aromatic heterocycles. The van der Waals surface area contributed by atoms with Crippen molar-refractivity contribution in [3.05, 3.63) is 64.2 Å². The van der Waals surface area contributed by atoms with E-state index in [1.807, 2.05) is 51.1 Å². The number of hydrogen-bond acceptors (Lipinski definition) is 2. The van der Waals surface area contributed by atoms with Gasteiger partial charge in [-0.1, -0.05) is 41.9 Å². The van der Waals surface area contributed by atoms with E-state index >= 15 is 0 Å². The van der Waals surface area contributed by atoms with Crippen molar-refractivity contribution >= 4 is 29.2 Å². The van der Waals surface area contributed by atoms with E-state index in [0.29, 0.717) is 30.3 Å². The molecule has 0 aliphatic carbocycles. The molecule has 1 atom stereocenters. The molecule has 0 saturated carbocycles. The second-order valence-electron chi connectivity index (χ2n) is 8.08. The first-order valence-electron chi connectivity index (χ1n) is 9.93. The Hall–Kier alpha value is -2.53. The summed E-state index contributed by atoms with van der Waals surface area (Å²) in [6.45, 7) is 7.41. The highest BCUT2D eigenvalue weighted by atomic mass is 35.5.